The zero-order valence-corrected chi connectivity index (χ0v) is 16.6. The summed E-state index contributed by atoms with van der Waals surface area (Å²) < 4.78 is 19.8. The van der Waals surface area contributed by atoms with E-state index in [1.54, 1.807) is 0 Å². The first-order valence-electron chi connectivity index (χ1n) is 11.0. The number of rotatable bonds is 4. The maximum atomic E-state index is 8.82. The lowest BCUT2D eigenvalue weighted by molar-refractivity contribution is -0.660. The summed E-state index contributed by atoms with van der Waals surface area (Å²) in [5.74, 6) is 0.743. The molecule has 1 nitrogen and oxygen atoms in total. The van der Waals surface area contributed by atoms with Crippen molar-refractivity contribution in [1.29, 1.82) is 0 Å². The van der Waals surface area contributed by atoms with Gasteiger partial charge >= 0.3 is 0 Å². The van der Waals surface area contributed by atoms with E-state index >= 15 is 0 Å². The number of aryl methyl sites for hydroxylation is 2. The summed E-state index contributed by atoms with van der Waals surface area (Å²) in [6, 6.07) is 20.9. The van der Waals surface area contributed by atoms with E-state index < -0.39 is 6.37 Å². The van der Waals surface area contributed by atoms with E-state index in [1.165, 1.54) is 16.8 Å². The molecule has 1 aromatic heterocycles. The number of nitrogens with zero attached hydrogens (tertiary/aromatic N) is 1. The minimum atomic E-state index is -1.28. The molecule has 2 atom stereocenters. The van der Waals surface area contributed by atoms with Gasteiger partial charge in [-0.15, -0.1) is 0 Å². The molecular formula is C26H30N+. The lowest BCUT2D eigenvalue weighted by Gasteiger charge is -2.11. The lowest BCUT2D eigenvalue weighted by atomic mass is 9.94. The highest BCUT2D eigenvalue weighted by Gasteiger charge is 2.21. The highest BCUT2D eigenvalue weighted by molar-refractivity contribution is 5.70. The number of hydrogen-bond acceptors (Lipinski definition) is 0. The van der Waals surface area contributed by atoms with Crippen LogP contribution in [0.5, 0.6) is 0 Å². The van der Waals surface area contributed by atoms with Crippen molar-refractivity contribution >= 4 is 0 Å². The van der Waals surface area contributed by atoms with Crippen molar-refractivity contribution in [3.05, 3.63) is 78.0 Å². The summed E-state index contributed by atoms with van der Waals surface area (Å²) in [6.45, 7) is 4.38. The Morgan fingerprint density at radius 3 is 2.59 bits per heavy atom. The van der Waals surface area contributed by atoms with Crippen LogP contribution < -0.4 is 4.57 Å². The summed E-state index contributed by atoms with van der Waals surface area (Å²) in [5, 5.41) is 0. The second-order valence-corrected chi connectivity index (χ2v) is 8.07. The Labute approximate surface area is 166 Å². The SMILES string of the molecule is [2H]C([2H])(c1cccc(-c2cc[n+](C)c(-c3ccccc3C)c2)c1)C1CCC(C)C1. The molecule has 1 saturated carbocycles. The van der Waals surface area contributed by atoms with Gasteiger partial charge in [-0.05, 0) is 66.3 Å². The Balaban J connectivity index is 1.72. The molecule has 27 heavy (non-hydrogen) atoms. The van der Waals surface area contributed by atoms with Gasteiger partial charge in [0, 0.05) is 20.4 Å². The molecule has 1 aliphatic rings. The third kappa shape index (κ3) is 3.98. The summed E-state index contributed by atoms with van der Waals surface area (Å²) in [7, 11) is 2.07. The van der Waals surface area contributed by atoms with Gasteiger partial charge in [0.2, 0.25) is 5.69 Å². The van der Waals surface area contributed by atoms with Gasteiger partial charge in [-0.3, -0.25) is 0 Å². The quantitative estimate of drug-likeness (QED) is 0.494. The van der Waals surface area contributed by atoms with Gasteiger partial charge in [0.25, 0.3) is 0 Å². The highest BCUT2D eigenvalue weighted by atomic mass is 14.9. The number of benzene rings is 2. The maximum absolute atomic E-state index is 8.82. The molecule has 2 unspecified atom stereocenters. The minimum absolute atomic E-state index is 0.115. The van der Waals surface area contributed by atoms with Gasteiger partial charge in [-0.1, -0.05) is 55.8 Å². The number of pyridine rings is 1. The predicted octanol–water partition coefficient (Wildman–Crippen LogP) is 6.13. The van der Waals surface area contributed by atoms with Crippen LogP contribution in [0.4, 0.5) is 0 Å². The first kappa shape index (κ1) is 15.6. The van der Waals surface area contributed by atoms with Gasteiger partial charge < -0.3 is 0 Å². The number of hydrogen-bond donors (Lipinski definition) is 0. The number of aromatic nitrogens is 1. The van der Waals surface area contributed by atoms with Crippen molar-refractivity contribution in [3.8, 4) is 22.4 Å². The molecule has 0 saturated heterocycles. The van der Waals surface area contributed by atoms with Crippen molar-refractivity contribution in [1.82, 2.24) is 0 Å². The maximum Gasteiger partial charge on any atom is 0.213 e. The zero-order valence-electron chi connectivity index (χ0n) is 18.6. The molecular weight excluding hydrogens is 326 g/mol. The Hall–Kier alpha value is -2.41. The van der Waals surface area contributed by atoms with Crippen molar-refractivity contribution < 1.29 is 7.31 Å². The van der Waals surface area contributed by atoms with Crippen LogP contribution in [-0.4, -0.2) is 0 Å². The highest BCUT2D eigenvalue weighted by Crippen LogP contribution is 2.33. The second kappa shape index (κ2) is 7.68. The van der Waals surface area contributed by atoms with Crippen LogP contribution in [0.15, 0.2) is 66.9 Å². The average Bonchev–Trinajstić information content (AvgIpc) is 3.16. The van der Waals surface area contributed by atoms with E-state index in [0.717, 1.165) is 36.0 Å². The second-order valence-electron chi connectivity index (χ2n) is 8.07. The molecule has 0 N–H and O–H groups in total. The van der Waals surface area contributed by atoms with Crippen LogP contribution in [0.25, 0.3) is 22.4 Å². The fourth-order valence-electron chi connectivity index (χ4n) is 4.24. The molecule has 0 spiro atoms. The predicted molar refractivity (Wildman–Crippen MR) is 113 cm³/mol. The van der Waals surface area contributed by atoms with Gasteiger partial charge in [0.15, 0.2) is 6.20 Å². The molecule has 1 fully saturated rings. The normalized spacial score (nSPS) is 21.0. The Morgan fingerprint density at radius 1 is 1.00 bits per heavy atom. The molecule has 2 aromatic carbocycles. The van der Waals surface area contributed by atoms with Gasteiger partial charge in [-0.2, -0.15) is 0 Å². The summed E-state index contributed by atoms with van der Waals surface area (Å²) in [4.78, 5) is 0. The van der Waals surface area contributed by atoms with Gasteiger partial charge in [0.1, 0.15) is 7.05 Å². The molecule has 1 heteroatoms. The summed E-state index contributed by atoms with van der Waals surface area (Å²) in [6.07, 6.45) is 3.92. The fraction of sp³-hybridized carbons (Fsp3) is 0.346. The monoisotopic (exact) mass is 358 g/mol. The van der Waals surface area contributed by atoms with Crippen LogP contribution in [-0.2, 0) is 13.4 Å². The van der Waals surface area contributed by atoms with E-state index in [0.29, 0.717) is 5.92 Å². The van der Waals surface area contributed by atoms with Crippen molar-refractivity contribution in [3.63, 3.8) is 0 Å². The van der Waals surface area contributed by atoms with Crippen LogP contribution in [0.1, 0.15) is 40.1 Å². The molecule has 1 heterocycles. The first-order valence-corrected chi connectivity index (χ1v) is 10.0. The Bertz CT molecular complexity index is 1020. The van der Waals surface area contributed by atoms with Crippen LogP contribution >= 0.6 is 0 Å². The van der Waals surface area contributed by atoms with E-state index in [4.69, 9.17) is 2.74 Å². The standard InChI is InChI=1S/C26H30N/c1-19-11-12-22(15-19)16-21-8-6-9-23(17-21)24-13-14-27(3)26(18-24)25-10-5-4-7-20(25)2/h4-10,13-14,17-19,22H,11-12,15-16H2,1-3H3/q+1/i16D2. The fourth-order valence-corrected chi connectivity index (χ4v) is 4.24. The molecule has 0 amide bonds. The van der Waals surface area contributed by atoms with Crippen LogP contribution in [0.2, 0.25) is 0 Å². The summed E-state index contributed by atoms with van der Waals surface area (Å²) in [5.41, 5.74) is 6.65. The van der Waals surface area contributed by atoms with Gasteiger partial charge in [-0.25, -0.2) is 4.57 Å². The molecule has 0 bridgehead atoms. The van der Waals surface area contributed by atoms with Crippen molar-refractivity contribution in [2.75, 3.05) is 0 Å². The molecule has 1 aliphatic carbocycles. The zero-order chi connectivity index (χ0) is 20.6. The minimum Gasteiger partial charge on any atom is -0.201 e. The van der Waals surface area contributed by atoms with Crippen molar-refractivity contribution in [2.24, 2.45) is 18.9 Å². The van der Waals surface area contributed by atoms with Crippen LogP contribution in [0.3, 0.4) is 0 Å². The molecule has 4 rings (SSSR count). The van der Waals surface area contributed by atoms with E-state index in [-0.39, 0.29) is 5.92 Å². The first-order chi connectivity index (χ1) is 13.9. The van der Waals surface area contributed by atoms with Crippen LogP contribution in [0, 0.1) is 18.8 Å². The lowest BCUT2D eigenvalue weighted by Crippen LogP contribution is -2.30. The average molecular weight is 359 g/mol. The van der Waals surface area contributed by atoms with E-state index in [9.17, 15) is 0 Å². The smallest absolute Gasteiger partial charge is 0.201 e. The Morgan fingerprint density at radius 2 is 1.81 bits per heavy atom. The van der Waals surface area contributed by atoms with Crippen molar-refractivity contribution in [2.45, 2.75) is 39.5 Å². The largest absolute Gasteiger partial charge is 0.213 e. The third-order valence-electron chi connectivity index (χ3n) is 5.83. The topological polar surface area (TPSA) is 3.88 Å². The summed E-state index contributed by atoms with van der Waals surface area (Å²) >= 11 is 0. The molecule has 3 aromatic rings. The Kier molecular flexibility index (Phi) is 4.45. The van der Waals surface area contributed by atoms with E-state index in [1.807, 2.05) is 12.1 Å². The molecule has 0 aliphatic heterocycles. The van der Waals surface area contributed by atoms with E-state index in [2.05, 4.69) is 80.2 Å². The van der Waals surface area contributed by atoms with Gasteiger partial charge in [0.05, 0.1) is 0 Å². The molecule has 138 valence electrons. The molecule has 0 radical (unpaired) electrons. The third-order valence-corrected chi connectivity index (χ3v) is 5.83.